The van der Waals surface area contributed by atoms with Crippen molar-refractivity contribution >= 4 is 51.8 Å². The number of amides is 2. The van der Waals surface area contributed by atoms with Gasteiger partial charge in [-0.25, -0.2) is 4.79 Å². The van der Waals surface area contributed by atoms with Gasteiger partial charge in [0.25, 0.3) is 0 Å². The van der Waals surface area contributed by atoms with Crippen molar-refractivity contribution in [1.82, 2.24) is 10.3 Å². The number of pyridine rings is 1. The van der Waals surface area contributed by atoms with Gasteiger partial charge in [-0.05, 0) is 53.4 Å². The zero-order chi connectivity index (χ0) is 45.2. The molecule has 2 amide bonds. The SMILES string of the molecule is COc1cc(NC(=O)CCc2ccc(NC(=O)OC3CC[N+](C)(C)CC3)c(-c3ccccc3)c2)c(Cl)cc1CNC[C@H](O)c1ccc(O)c2[nH]c(=O)ccc12.O=C([O-])C(F)(F)F. The number of quaternary nitrogens is 1. The van der Waals surface area contributed by atoms with Crippen molar-refractivity contribution in [2.24, 2.45) is 0 Å². The lowest BCUT2D eigenvalue weighted by Crippen LogP contribution is -2.48. The Morgan fingerprint density at radius 1 is 0.968 bits per heavy atom. The molecule has 1 aliphatic rings. The number of aromatic nitrogens is 1. The normalized spacial score (nSPS) is 14.3. The maximum Gasteiger partial charge on any atom is 0.430 e. The highest BCUT2D eigenvalue weighted by atomic mass is 35.5. The van der Waals surface area contributed by atoms with Gasteiger partial charge in [-0.2, -0.15) is 13.2 Å². The minimum absolute atomic E-state index is 0.0827. The van der Waals surface area contributed by atoms with Crippen LogP contribution in [0.5, 0.6) is 11.5 Å². The number of nitrogens with zero attached hydrogens (tertiary/aromatic N) is 1. The lowest BCUT2D eigenvalue weighted by molar-refractivity contribution is -0.896. The summed E-state index contributed by atoms with van der Waals surface area (Å²) in [4.78, 5) is 49.3. The van der Waals surface area contributed by atoms with E-state index in [2.05, 4.69) is 35.0 Å². The number of hydrogen-bond donors (Lipinski definition) is 6. The van der Waals surface area contributed by atoms with E-state index in [1.165, 1.54) is 19.2 Å². The minimum atomic E-state index is -5.19. The van der Waals surface area contributed by atoms with Crippen LogP contribution in [-0.4, -0.2) is 90.8 Å². The lowest BCUT2D eigenvalue weighted by atomic mass is 9.98. The van der Waals surface area contributed by atoms with Crippen molar-refractivity contribution in [3.05, 3.63) is 117 Å². The predicted octanol–water partition coefficient (Wildman–Crippen LogP) is 6.04. The maximum absolute atomic E-state index is 13.2. The highest BCUT2D eigenvalue weighted by molar-refractivity contribution is 6.33. The molecule has 330 valence electrons. The number of carbonyl (C=O) groups is 3. The Kier molecular flexibility index (Phi) is 15.6. The first-order chi connectivity index (χ1) is 29.3. The lowest BCUT2D eigenvalue weighted by Gasteiger charge is -2.36. The first-order valence-electron chi connectivity index (χ1n) is 19.5. The molecule has 1 fully saturated rings. The van der Waals surface area contributed by atoms with Gasteiger partial charge in [0.05, 0.1) is 62.3 Å². The van der Waals surface area contributed by atoms with Crippen molar-refractivity contribution in [2.75, 3.05) is 51.5 Å². The van der Waals surface area contributed by atoms with E-state index in [9.17, 15) is 37.8 Å². The van der Waals surface area contributed by atoms with Gasteiger partial charge >= 0.3 is 12.3 Å². The number of carbonyl (C=O) groups excluding carboxylic acids is 3. The number of aliphatic carboxylic acids is 1. The number of fused-ring (bicyclic) bond motifs is 1. The molecular formula is C44H47ClF3N5O9. The van der Waals surface area contributed by atoms with Gasteiger partial charge in [-0.3, -0.25) is 14.9 Å². The third kappa shape index (κ3) is 12.9. The number of aliphatic hydroxyl groups excluding tert-OH is 1. The number of aliphatic hydroxyl groups is 1. The van der Waals surface area contributed by atoms with E-state index in [0.29, 0.717) is 51.6 Å². The monoisotopic (exact) mass is 881 g/mol. The van der Waals surface area contributed by atoms with Gasteiger partial charge in [0.2, 0.25) is 11.5 Å². The molecule has 0 saturated carbocycles. The quantitative estimate of drug-likeness (QED) is 0.0757. The summed E-state index contributed by atoms with van der Waals surface area (Å²) in [6.07, 6.45) is -4.46. The molecule has 1 saturated heterocycles. The number of phenols is 1. The van der Waals surface area contributed by atoms with Crippen LogP contribution in [0, 0.1) is 0 Å². The second-order valence-corrected chi connectivity index (χ2v) is 15.7. The second kappa shape index (κ2) is 20.6. The number of aromatic hydroxyl groups is 1. The van der Waals surface area contributed by atoms with Crippen LogP contribution in [0.15, 0.2) is 89.7 Å². The zero-order valence-electron chi connectivity index (χ0n) is 34.1. The fourth-order valence-electron chi connectivity index (χ4n) is 6.86. The minimum Gasteiger partial charge on any atom is -0.542 e. The number of aryl methyl sites for hydroxylation is 1. The standard InChI is InChI=1S/C42H46ClN5O7.C2HF3O2/c1-48(2)19-17-29(18-20-48)55-42(53)46-34-13-9-26(21-32(34)27-7-5-4-6-8-27)10-15-39(51)45-35-23-38(54-3)28(22-33(35)43)24-44-25-37(50)30-11-14-36(49)41-31(30)12-16-40(52)47-41;3-2(4,5)1(6)7/h4-9,11-14,16,21-23,29,37,44,50H,10,15,17-20,24-25H2,1-3H3,(H3-,45,46,47,49,51,52,53);(H,6,7)/t37-;/m0./s1. The Labute approximate surface area is 359 Å². The van der Waals surface area contributed by atoms with Crippen LogP contribution >= 0.6 is 11.6 Å². The number of rotatable bonds is 13. The first-order valence-corrected chi connectivity index (χ1v) is 19.9. The molecule has 18 heteroatoms. The Morgan fingerprint density at radius 2 is 1.66 bits per heavy atom. The number of phenolic OH excluding ortho intramolecular Hbond substituents is 1. The third-order valence-electron chi connectivity index (χ3n) is 10.2. The van der Waals surface area contributed by atoms with Gasteiger partial charge in [-0.1, -0.05) is 54.1 Å². The molecule has 1 atom stereocenters. The average Bonchev–Trinajstić information content (AvgIpc) is 3.22. The molecule has 14 nitrogen and oxygen atoms in total. The van der Waals surface area contributed by atoms with Gasteiger partial charge in [0.1, 0.15) is 23.6 Å². The third-order valence-corrected chi connectivity index (χ3v) is 10.5. The molecular weight excluding hydrogens is 835 g/mol. The number of nitrogens with one attached hydrogen (secondary N) is 4. The number of aromatic amines is 1. The van der Waals surface area contributed by atoms with E-state index in [4.69, 9.17) is 31.0 Å². The van der Waals surface area contributed by atoms with Crippen molar-refractivity contribution in [2.45, 2.75) is 50.6 Å². The highest BCUT2D eigenvalue weighted by Crippen LogP contribution is 2.33. The van der Waals surface area contributed by atoms with Crippen LogP contribution in [0.3, 0.4) is 0 Å². The molecule has 4 aromatic carbocycles. The van der Waals surface area contributed by atoms with E-state index in [-0.39, 0.29) is 41.8 Å². The van der Waals surface area contributed by atoms with Crippen LogP contribution in [0.4, 0.5) is 29.3 Å². The smallest absolute Gasteiger partial charge is 0.430 e. The Bertz CT molecular complexity index is 2440. The zero-order valence-corrected chi connectivity index (χ0v) is 34.9. The first kappa shape index (κ1) is 46.9. The van der Waals surface area contributed by atoms with E-state index < -0.39 is 24.3 Å². The number of benzene rings is 4. The number of likely N-dealkylation sites (tertiary alicyclic amines) is 1. The van der Waals surface area contributed by atoms with Gasteiger partial charge in [-0.15, -0.1) is 0 Å². The molecule has 0 unspecified atom stereocenters. The number of halogens is 4. The molecule has 6 rings (SSSR count). The number of hydrogen-bond acceptors (Lipinski definition) is 10. The molecule has 1 aromatic heterocycles. The predicted molar refractivity (Wildman–Crippen MR) is 226 cm³/mol. The molecule has 1 aliphatic heterocycles. The van der Waals surface area contributed by atoms with Crippen LogP contribution in [0.2, 0.25) is 5.02 Å². The number of anilines is 2. The van der Waals surface area contributed by atoms with Gasteiger partial charge in [0.15, 0.2) is 0 Å². The second-order valence-electron chi connectivity index (χ2n) is 15.3. The summed E-state index contributed by atoms with van der Waals surface area (Å²) >= 11 is 6.63. The fourth-order valence-corrected chi connectivity index (χ4v) is 7.09. The largest absolute Gasteiger partial charge is 0.542 e. The summed E-state index contributed by atoms with van der Waals surface area (Å²) in [6.45, 7) is 2.37. The maximum atomic E-state index is 13.2. The number of H-pyrrole nitrogens is 1. The number of carboxylic acids is 1. The van der Waals surface area contributed by atoms with Crippen molar-refractivity contribution in [3.8, 4) is 22.6 Å². The van der Waals surface area contributed by atoms with Crippen LogP contribution in [-0.2, 0) is 27.3 Å². The Balaban J connectivity index is 0.000000955. The number of carboxylic acid groups (broad SMARTS) is 1. The van der Waals surface area contributed by atoms with E-state index in [1.807, 2.05) is 48.5 Å². The van der Waals surface area contributed by atoms with Gasteiger partial charge in [0, 0.05) is 61.0 Å². The molecule has 5 aromatic rings. The Morgan fingerprint density at radius 3 is 2.32 bits per heavy atom. The molecule has 0 radical (unpaired) electrons. The van der Waals surface area contributed by atoms with E-state index in [1.54, 1.807) is 24.3 Å². The number of ether oxygens (including phenoxy) is 2. The molecule has 2 heterocycles. The summed E-state index contributed by atoms with van der Waals surface area (Å²) in [5.41, 5.74) is 4.87. The van der Waals surface area contributed by atoms with E-state index in [0.717, 1.165) is 47.1 Å². The molecule has 0 aliphatic carbocycles. The van der Waals surface area contributed by atoms with Crippen LogP contribution < -0.4 is 31.4 Å². The van der Waals surface area contributed by atoms with Crippen molar-refractivity contribution in [1.29, 1.82) is 0 Å². The van der Waals surface area contributed by atoms with Crippen LogP contribution in [0.25, 0.3) is 22.0 Å². The number of piperidine rings is 1. The average molecular weight is 882 g/mol. The fraction of sp³-hybridized carbons (Fsp3) is 0.318. The molecule has 0 bridgehead atoms. The van der Waals surface area contributed by atoms with Crippen molar-refractivity contribution < 1.29 is 56.8 Å². The number of methoxy groups -OCH3 is 1. The molecule has 62 heavy (non-hydrogen) atoms. The highest BCUT2D eigenvalue weighted by Gasteiger charge is 2.29. The summed E-state index contributed by atoms with van der Waals surface area (Å²) in [6, 6.07) is 24.8. The molecule has 0 spiro atoms. The van der Waals surface area contributed by atoms with E-state index >= 15 is 0 Å². The summed E-state index contributed by atoms with van der Waals surface area (Å²) in [5, 5.41) is 39.8. The number of alkyl halides is 3. The van der Waals surface area contributed by atoms with Crippen LogP contribution in [0.1, 0.15) is 42.1 Å². The Hall–Kier alpha value is -6.14. The van der Waals surface area contributed by atoms with Gasteiger partial charge < -0.3 is 49.7 Å². The summed E-state index contributed by atoms with van der Waals surface area (Å²) < 4.78 is 43.9. The summed E-state index contributed by atoms with van der Waals surface area (Å²) in [7, 11) is 5.89. The van der Waals surface area contributed by atoms with Crippen molar-refractivity contribution in [3.63, 3.8) is 0 Å². The summed E-state index contributed by atoms with van der Waals surface area (Å²) in [5.74, 6) is -2.83. The molecule has 6 N–H and O–H groups in total. The topological polar surface area (TPSA) is 202 Å².